The Hall–Kier alpha value is -2.89. The molecule has 0 amide bonds. The van der Waals surface area contributed by atoms with Gasteiger partial charge in [0.2, 0.25) is 0 Å². The molecule has 1 atom stereocenters. The molecule has 2 heterocycles. The van der Waals surface area contributed by atoms with Crippen molar-refractivity contribution >= 4 is 27.8 Å². The van der Waals surface area contributed by atoms with Crippen molar-refractivity contribution in [3.05, 3.63) is 76.4 Å². The number of aryl methyl sites for hydroxylation is 1. The van der Waals surface area contributed by atoms with Crippen molar-refractivity contribution in [2.24, 2.45) is 4.99 Å². The third kappa shape index (κ3) is 4.29. The summed E-state index contributed by atoms with van der Waals surface area (Å²) in [4.78, 5) is 5.97. The summed E-state index contributed by atoms with van der Waals surface area (Å²) < 4.78 is 13.7. The predicted molar refractivity (Wildman–Crippen MR) is 127 cm³/mol. The minimum absolute atomic E-state index is 0.245. The smallest absolute Gasteiger partial charge is 0.190 e. The monoisotopic (exact) mass is 430 g/mol. The highest BCUT2D eigenvalue weighted by molar-refractivity contribution is 7.07. The number of rotatable bonds is 5. The van der Waals surface area contributed by atoms with Crippen molar-refractivity contribution in [1.29, 1.82) is 0 Å². The van der Waals surface area contributed by atoms with Crippen molar-refractivity contribution in [2.75, 3.05) is 13.7 Å². The van der Waals surface area contributed by atoms with Crippen LogP contribution < -0.4 is 9.54 Å². The molecule has 158 valence electrons. The van der Waals surface area contributed by atoms with Crippen molar-refractivity contribution in [2.45, 2.75) is 32.4 Å². The molecule has 1 aliphatic rings. The van der Waals surface area contributed by atoms with E-state index in [0.29, 0.717) is 0 Å². The van der Waals surface area contributed by atoms with Crippen molar-refractivity contribution in [3.8, 4) is 17.0 Å². The Labute approximate surface area is 186 Å². The van der Waals surface area contributed by atoms with Crippen molar-refractivity contribution in [1.82, 2.24) is 4.57 Å². The molecule has 0 bridgehead atoms. The predicted octanol–water partition coefficient (Wildman–Crippen LogP) is 6.10. The van der Waals surface area contributed by atoms with Crippen LogP contribution in [-0.4, -0.2) is 24.4 Å². The number of aromatic nitrogens is 1. The molecule has 3 aromatic carbocycles. The summed E-state index contributed by atoms with van der Waals surface area (Å²) in [5.74, 6) is 0.878. The summed E-state index contributed by atoms with van der Waals surface area (Å²) in [6, 6.07) is 21.2. The van der Waals surface area contributed by atoms with Gasteiger partial charge in [-0.25, -0.2) is 4.99 Å². The van der Waals surface area contributed by atoms with Crippen molar-refractivity contribution < 1.29 is 9.47 Å². The molecule has 5 heteroatoms. The van der Waals surface area contributed by atoms with E-state index in [1.54, 1.807) is 18.4 Å². The number of benzene rings is 3. The average Bonchev–Trinajstić information content (AvgIpc) is 3.45. The number of thiazole rings is 1. The first kappa shape index (κ1) is 20.0. The third-order valence-electron chi connectivity index (χ3n) is 5.81. The normalized spacial score (nSPS) is 16.8. The molecule has 1 aliphatic heterocycles. The molecule has 0 N–H and O–H groups in total. The fraction of sp³-hybridized carbons (Fsp3) is 0.269. The van der Waals surface area contributed by atoms with Crippen LogP contribution >= 0.6 is 11.3 Å². The molecule has 0 spiro atoms. The molecule has 0 radical (unpaired) electrons. The fourth-order valence-corrected chi connectivity index (χ4v) is 5.00. The minimum atomic E-state index is 0.245. The Kier molecular flexibility index (Phi) is 5.62. The molecule has 4 nitrogen and oxygen atoms in total. The van der Waals surface area contributed by atoms with Gasteiger partial charge in [0, 0.05) is 12.0 Å². The lowest BCUT2D eigenvalue weighted by molar-refractivity contribution is 0.0968. The van der Waals surface area contributed by atoms with Gasteiger partial charge in [-0.2, -0.15) is 0 Å². The Balaban J connectivity index is 1.59. The Morgan fingerprint density at radius 1 is 1.06 bits per heavy atom. The van der Waals surface area contributed by atoms with E-state index in [4.69, 9.17) is 14.5 Å². The summed E-state index contributed by atoms with van der Waals surface area (Å²) >= 11 is 1.69. The first-order valence-electron chi connectivity index (χ1n) is 10.7. The quantitative estimate of drug-likeness (QED) is 0.384. The van der Waals surface area contributed by atoms with Crippen molar-refractivity contribution in [3.63, 3.8) is 0 Å². The van der Waals surface area contributed by atoms with Gasteiger partial charge in [0.25, 0.3) is 0 Å². The number of nitrogens with zero attached hydrogens (tertiary/aromatic N) is 2. The summed E-state index contributed by atoms with van der Waals surface area (Å²) in [5.41, 5.74) is 4.60. The van der Waals surface area contributed by atoms with E-state index in [2.05, 4.69) is 71.5 Å². The van der Waals surface area contributed by atoms with Gasteiger partial charge < -0.3 is 14.0 Å². The Morgan fingerprint density at radius 3 is 2.65 bits per heavy atom. The van der Waals surface area contributed by atoms with E-state index >= 15 is 0 Å². The summed E-state index contributed by atoms with van der Waals surface area (Å²) in [6.45, 7) is 3.77. The van der Waals surface area contributed by atoms with Gasteiger partial charge in [-0.15, -0.1) is 11.3 Å². The number of fused-ring (bicyclic) bond motifs is 1. The lowest BCUT2D eigenvalue weighted by Gasteiger charge is -2.14. The second-order valence-electron chi connectivity index (χ2n) is 8.02. The molecular weight excluding hydrogens is 404 g/mol. The fourth-order valence-electron chi connectivity index (χ4n) is 4.06. The van der Waals surface area contributed by atoms with E-state index < -0.39 is 0 Å². The standard InChI is InChI=1S/C26H26N2O2S/c1-18-5-10-22(11-6-18)27-26-28(16-24-4-3-13-30-24)25(17-31-26)21-8-7-20-15-23(29-2)12-9-19(20)14-21/h5-12,14-15,17,24H,3-4,13,16H2,1-2H3. The first-order chi connectivity index (χ1) is 15.2. The molecule has 1 aromatic heterocycles. The second-order valence-corrected chi connectivity index (χ2v) is 8.86. The molecule has 4 aromatic rings. The molecule has 1 saturated heterocycles. The second kappa shape index (κ2) is 8.69. The van der Waals surface area contributed by atoms with Crippen LogP contribution in [0.25, 0.3) is 22.0 Å². The van der Waals surface area contributed by atoms with Gasteiger partial charge in [0.15, 0.2) is 4.80 Å². The largest absolute Gasteiger partial charge is 0.497 e. The van der Waals surface area contributed by atoms with Crippen LogP contribution in [0.3, 0.4) is 0 Å². The van der Waals surface area contributed by atoms with Gasteiger partial charge in [-0.1, -0.05) is 35.9 Å². The molecule has 0 aliphatic carbocycles. The lowest BCUT2D eigenvalue weighted by atomic mass is 10.0. The molecule has 5 rings (SSSR count). The highest BCUT2D eigenvalue weighted by atomic mass is 32.1. The molecule has 0 saturated carbocycles. The maximum absolute atomic E-state index is 5.96. The molecule has 31 heavy (non-hydrogen) atoms. The summed E-state index contributed by atoms with van der Waals surface area (Å²) in [6.07, 6.45) is 2.48. The highest BCUT2D eigenvalue weighted by Gasteiger charge is 2.19. The molecule has 1 fully saturated rings. The van der Waals surface area contributed by atoms with E-state index in [-0.39, 0.29) is 6.10 Å². The SMILES string of the molecule is COc1ccc2cc(-c3csc(=Nc4ccc(C)cc4)n3CC3CCCO3)ccc2c1. The molecular formula is C26H26N2O2S. The summed E-state index contributed by atoms with van der Waals surface area (Å²) in [7, 11) is 1.70. The van der Waals surface area contributed by atoms with Crippen LogP contribution in [0.15, 0.2) is 71.0 Å². The maximum Gasteiger partial charge on any atom is 0.190 e. The zero-order valence-corrected chi connectivity index (χ0v) is 18.7. The zero-order chi connectivity index (χ0) is 21.2. The van der Waals surface area contributed by atoms with Crippen LogP contribution in [0, 0.1) is 6.92 Å². The minimum Gasteiger partial charge on any atom is -0.497 e. The van der Waals surface area contributed by atoms with Gasteiger partial charge in [-0.3, -0.25) is 0 Å². The number of hydrogen-bond donors (Lipinski definition) is 0. The van der Waals surface area contributed by atoms with Gasteiger partial charge in [-0.05, 0) is 66.4 Å². The highest BCUT2D eigenvalue weighted by Crippen LogP contribution is 2.28. The molecule has 1 unspecified atom stereocenters. The summed E-state index contributed by atoms with van der Waals surface area (Å²) in [5, 5.41) is 4.59. The lowest BCUT2D eigenvalue weighted by Crippen LogP contribution is -2.24. The number of hydrogen-bond acceptors (Lipinski definition) is 4. The van der Waals surface area contributed by atoms with Crippen LogP contribution in [0.2, 0.25) is 0 Å². The van der Waals surface area contributed by atoms with E-state index in [0.717, 1.165) is 42.2 Å². The third-order valence-corrected chi connectivity index (χ3v) is 6.67. The van der Waals surface area contributed by atoms with Crippen LogP contribution in [-0.2, 0) is 11.3 Å². The maximum atomic E-state index is 5.96. The number of ether oxygens (including phenoxy) is 2. The van der Waals surface area contributed by atoms with E-state index in [9.17, 15) is 0 Å². The van der Waals surface area contributed by atoms with Crippen LogP contribution in [0.1, 0.15) is 18.4 Å². The van der Waals surface area contributed by atoms with Crippen LogP contribution in [0.4, 0.5) is 5.69 Å². The van der Waals surface area contributed by atoms with Gasteiger partial charge >= 0.3 is 0 Å². The average molecular weight is 431 g/mol. The van der Waals surface area contributed by atoms with Gasteiger partial charge in [0.05, 0.1) is 31.1 Å². The topological polar surface area (TPSA) is 35.8 Å². The Bertz CT molecular complexity index is 1260. The zero-order valence-electron chi connectivity index (χ0n) is 17.9. The number of methoxy groups -OCH3 is 1. The first-order valence-corrected chi connectivity index (χ1v) is 11.6. The van der Waals surface area contributed by atoms with Crippen LogP contribution in [0.5, 0.6) is 5.75 Å². The van der Waals surface area contributed by atoms with E-state index in [1.807, 2.05) is 6.07 Å². The Morgan fingerprint density at radius 2 is 1.87 bits per heavy atom. The van der Waals surface area contributed by atoms with E-state index in [1.165, 1.54) is 27.6 Å². The van der Waals surface area contributed by atoms with Gasteiger partial charge in [0.1, 0.15) is 5.75 Å².